The van der Waals surface area contributed by atoms with E-state index in [1.54, 1.807) is 0 Å². The Balaban J connectivity index is 1.81. The molecule has 0 aliphatic carbocycles. The Labute approximate surface area is 140 Å². The molecule has 0 saturated heterocycles. The number of H-pyrrole nitrogens is 1. The molecule has 0 amide bonds. The fourth-order valence-electron chi connectivity index (χ4n) is 3.40. The smallest absolute Gasteiger partial charge is 0.120 e. The molecule has 4 rings (SSSR count). The maximum Gasteiger partial charge on any atom is 0.120 e. The number of hydrogen-bond donors (Lipinski definition) is 2. The van der Waals surface area contributed by atoms with E-state index in [1.165, 1.54) is 27.7 Å². The van der Waals surface area contributed by atoms with Gasteiger partial charge in [0.1, 0.15) is 5.75 Å². The first kappa shape index (κ1) is 14.6. The second kappa shape index (κ2) is 5.91. The Hall–Kier alpha value is -1.97. The van der Waals surface area contributed by atoms with Gasteiger partial charge in [0.2, 0.25) is 0 Å². The Morgan fingerprint density at radius 1 is 1.17 bits per heavy atom. The minimum absolute atomic E-state index is 0.180. The maximum absolute atomic E-state index is 6.02. The van der Waals surface area contributed by atoms with Gasteiger partial charge in [0, 0.05) is 28.2 Å². The predicted octanol–water partition coefficient (Wildman–Crippen LogP) is 4.46. The van der Waals surface area contributed by atoms with Crippen molar-refractivity contribution in [1.82, 2.24) is 10.3 Å². The van der Waals surface area contributed by atoms with Crippen molar-refractivity contribution in [3.63, 3.8) is 0 Å². The number of hydrogen-bond acceptors (Lipinski definition) is 2. The summed E-state index contributed by atoms with van der Waals surface area (Å²) in [6, 6.07) is 14.5. The topological polar surface area (TPSA) is 37.0 Å². The number of halogens is 1. The molecule has 0 spiro atoms. The van der Waals surface area contributed by atoms with Crippen molar-refractivity contribution in [2.75, 3.05) is 13.2 Å². The van der Waals surface area contributed by atoms with Crippen LogP contribution in [0.4, 0.5) is 0 Å². The summed E-state index contributed by atoms with van der Waals surface area (Å²) in [5.41, 5.74) is 5.04. The van der Waals surface area contributed by atoms with Crippen LogP contribution in [0.3, 0.4) is 0 Å². The second-order valence-electron chi connectivity index (χ2n) is 5.85. The van der Waals surface area contributed by atoms with Gasteiger partial charge in [-0.25, -0.2) is 0 Å². The van der Waals surface area contributed by atoms with Gasteiger partial charge in [0.15, 0.2) is 0 Å². The fraction of sp³-hybridized carbons (Fsp3) is 0.263. The van der Waals surface area contributed by atoms with Crippen LogP contribution in [0.15, 0.2) is 42.5 Å². The molecule has 1 aliphatic heterocycles. The summed E-state index contributed by atoms with van der Waals surface area (Å²) in [5.74, 6) is 0.934. The molecule has 2 N–H and O–H groups in total. The van der Waals surface area contributed by atoms with E-state index in [2.05, 4.69) is 34.6 Å². The number of ether oxygens (including phenoxy) is 1. The number of aromatic amines is 1. The van der Waals surface area contributed by atoms with Crippen LogP contribution < -0.4 is 10.1 Å². The highest BCUT2D eigenvalue weighted by Crippen LogP contribution is 2.35. The van der Waals surface area contributed by atoms with Crippen LogP contribution in [-0.4, -0.2) is 18.1 Å². The standard InChI is InChI=1S/C19H19ClN2O/c1-2-23-14-7-8-17-16(11-14)15-9-10-21-18(19(15)22-17)12-3-5-13(20)6-4-12/h3-8,11,18,21-22H,2,9-10H2,1H3. The van der Waals surface area contributed by atoms with Gasteiger partial charge < -0.3 is 15.0 Å². The van der Waals surface area contributed by atoms with Crippen LogP contribution in [0.2, 0.25) is 5.02 Å². The van der Waals surface area contributed by atoms with E-state index in [4.69, 9.17) is 16.3 Å². The van der Waals surface area contributed by atoms with Crippen molar-refractivity contribution >= 4 is 22.5 Å². The van der Waals surface area contributed by atoms with E-state index >= 15 is 0 Å². The zero-order valence-electron chi connectivity index (χ0n) is 13.0. The summed E-state index contributed by atoms with van der Waals surface area (Å²) >= 11 is 6.02. The average Bonchev–Trinajstić information content (AvgIpc) is 2.94. The lowest BCUT2D eigenvalue weighted by atomic mass is 9.94. The minimum atomic E-state index is 0.180. The van der Waals surface area contributed by atoms with Crippen molar-refractivity contribution in [3.8, 4) is 5.75 Å². The van der Waals surface area contributed by atoms with E-state index in [0.717, 1.165) is 23.7 Å². The minimum Gasteiger partial charge on any atom is -0.494 e. The molecule has 118 valence electrons. The van der Waals surface area contributed by atoms with E-state index < -0.39 is 0 Å². The zero-order chi connectivity index (χ0) is 15.8. The van der Waals surface area contributed by atoms with Crippen molar-refractivity contribution in [1.29, 1.82) is 0 Å². The SMILES string of the molecule is CCOc1ccc2[nH]c3c(c2c1)CCNC3c1ccc(Cl)cc1. The molecule has 4 heteroatoms. The monoisotopic (exact) mass is 326 g/mol. The molecule has 3 nitrogen and oxygen atoms in total. The Morgan fingerprint density at radius 3 is 2.78 bits per heavy atom. The summed E-state index contributed by atoms with van der Waals surface area (Å²) in [7, 11) is 0. The molecule has 2 heterocycles. The molecule has 0 saturated carbocycles. The van der Waals surface area contributed by atoms with Crippen LogP contribution in [0.5, 0.6) is 5.75 Å². The molecule has 2 aromatic carbocycles. The number of aromatic nitrogens is 1. The molecule has 1 unspecified atom stereocenters. The van der Waals surface area contributed by atoms with Crippen LogP contribution in [0, 0.1) is 0 Å². The lowest BCUT2D eigenvalue weighted by molar-refractivity contribution is 0.340. The maximum atomic E-state index is 6.02. The van der Waals surface area contributed by atoms with Gasteiger partial charge in [0.25, 0.3) is 0 Å². The van der Waals surface area contributed by atoms with E-state index in [-0.39, 0.29) is 6.04 Å². The van der Waals surface area contributed by atoms with Gasteiger partial charge in [-0.3, -0.25) is 0 Å². The van der Waals surface area contributed by atoms with Gasteiger partial charge >= 0.3 is 0 Å². The first-order valence-electron chi connectivity index (χ1n) is 8.02. The van der Waals surface area contributed by atoms with Crippen molar-refractivity contribution in [3.05, 3.63) is 64.3 Å². The van der Waals surface area contributed by atoms with Crippen molar-refractivity contribution in [2.24, 2.45) is 0 Å². The lowest BCUT2D eigenvalue weighted by Gasteiger charge is -2.25. The predicted molar refractivity (Wildman–Crippen MR) is 94.5 cm³/mol. The Bertz CT molecular complexity index is 838. The van der Waals surface area contributed by atoms with Gasteiger partial charge in [-0.1, -0.05) is 23.7 Å². The summed E-state index contributed by atoms with van der Waals surface area (Å²) in [4.78, 5) is 3.60. The van der Waals surface area contributed by atoms with Crippen LogP contribution >= 0.6 is 11.6 Å². The van der Waals surface area contributed by atoms with E-state index in [0.29, 0.717) is 6.61 Å². The first-order valence-corrected chi connectivity index (χ1v) is 8.40. The number of nitrogens with one attached hydrogen (secondary N) is 2. The Morgan fingerprint density at radius 2 is 2.00 bits per heavy atom. The summed E-state index contributed by atoms with van der Waals surface area (Å²) < 4.78 is 5.65. The molecule has 0 fully saturated rings. The molecule has 1 aromatic heterocycles. The van der Waals surface area contributed by atoms with Gasteiger partial charge in [-0.2, -0.15) is 0 Å². The highest BCUT2D eigenvalue weighted by Gasteiger charge is 2.25. The van der Waals surface area contributed by atoms with E-state index in [1.807, 2.05) is 25.1 Å². The highest BCUT2D eigenvalue weighted by atomic mass is 35.5. The van der Waals surface area contributed by atoms with Crippen molar-refractivity contribution < 1.29 is 4.74 Å². The summed E-state index contributed by atoms with van der Waals surface area (Å²) in [6.45, 7) is 3.66. The first-order chi connectivity index (χ1) is 11.3. The molecule has 0 radical (unpaired) electrons. The van der Waals surface area contributed by atoms with Crippen LogP contribution in [0.1, 0.15) is 29.8 Å². The fourth-order valence-corrected chi connectivity index (χ4v) is 3.53. The normalized spacial score (nSPS) is 17.2. The quantitative estimate of drug-likeness (QED) is 0.746. The molecule has 1 atom stereocenters. The summed E-state index contributed by atoms with van der Waals surface area (Å²) in [6.07, 6.45) is 1.02. The number of fused-ring (bicyclic) bond motifs is 3. The number of benzene rings is 2. The third-order valence-electron chi connectivity index (χ3n) is 4.44. The van der Waals surface area contributed by atoms with Gasteiger partial charge in [0.05, 0.1) is 12.6 Å². The highest BCUT2D eigenvalue weighted by molar-refractivity contribution is 6.30. The largest absolute Gasteiger partial charge is 0.494 e. The third-order valence-corrected chi connectivity index (χ3v) is 4.69. The van der Waals surface area contributed by atoms with Crippen molar-refractivity contribution in [2.45, 2.75) is 19.4 Å². The lowest BCUT2D eigenvalue weighted by Crippen LogP contribution is -2.30. The van der Waals surface area contributed by atoms with Gasteiger partial charge in [-0.05, 0) is 54.8 Å². The molecular formula is C19H19ClN2O. The summed E-state index contributed by atoms with van der Waals surface area (Å²) in [5, 5.41) is 5.64. The molecule has 0 bridgehead atoms. The molecule has 23 heavy (non-hydrogen) atoms. The third kappa shape index (κ3) is 2.60. The van der Waals surface area contributed by atoms with E-state index in [9.17, 15) is 0 Å². The second-order valence-corrected chi connectivity index (χ2v) is 6.28. The Kier molecular flexibility index (Phi) is 3.76. The molecule has 1 aliphatic rings. The molecule has 3 aromatic rings. The van der Waals surface area contributed by atoms with Crippen LogP contribution in [-0.2, 0) is 6.42 Å². The average molecular weight is 327 g/mol. The van der Waals surface area contributed by atoms with Gasteiger partial charge in [-0.15, -0.1) is 0 Å². The zero-order valence-corrected chi connectivity index (χ0v) is 13.8. The molecular weight excluding hydrogens is 308 g/mol. The van der Waals surface area contributed by atoms with Crippen LogP contribution in [0.25, 0.3) is 10.9 Å². The number of rotatable bonds is 3.